The van der Waals surface area contributed by atoms with Gasteiger partial charge < -0.3 is 14.8 Å². The summed E-state index contributed by atoms with van der Waals surface area (Å²) in [5.41, 5.74) is -1.70. The van der Waals surface area contributed by atoms with Gasteiger partial charge in [-0.05, 0) is 33.8 Å². The third-order valence-corrected chi connectivity index (χ3v) is 3.83. The number of hydrogen-bond donors (Lipinski definition) is 3. The van der Waals surface area contributed by atoms with Crippen LogP contribution in [0.1, 0.15) is 27.7 Å². The summed E-state index contributed by atoms with van der Waals surface area (Å²) in [5.74, 6) is 0. The maximum absolute atomic E-state index is 11.2. The molecule has 1 aromatic heterocycles. The molecule has 0 bridgehead atoms. The molecule has 0 aliphatic carbocycles. The number of nitrogens with zero attached hydrogens (tertiary/aromatic N) is 1. The van der Waals surface area contributed by atoms with Gasteiger partial charge in [0.15, 0.2) is 0 Å². The highest BCUT2D eigenvalue weighted by molar-refractivity contribution is 7.92. The number of anilines is 1. The molecule has 0 spiro atoms. The Balaban J connectivity index is 2.94. The maximum Gasteiger partial charge on any atom is 0.493 e. The molecule has 118 valence electrons. The summed E-state index contributed by atoms with van der Waals surface area (Å²) in [5, 5.41) is 20.1. The highest BCUT2D eigenvalue weighted by atomic mass is 32.2. The largest absolute Gasteiger partial charge is 0.493 e. The molecule has 0 amide bonds. The van der Waals surface area contributed by atoms with Gasteiger partial charge in [0.2, 0.25) is 10.0 Å². The predicted octanol–water partition coefficient (Wildman–Crippen LogP) is -0.293. The lowest BCUT2D eigenvalue weighted by atomic mass is 9.77. The molecule has 9 heteroatoms. The van der Waals surface area contributed by atoms with E-state index in [4.69, 9.17) is 4.65 Å². The van der Waals surface area contributed by atoms with Gasteiger partial charge in [0.05, 0.1) is 29.3 Å². The van der Waals surface area contributed by atoms with E-state index < -0.39 is 28.3 Å². The Bertz CT molecular complexity index is 598. The van der Waals surface area contributed by atoms with Gasteiger partial charge in [-0.1, -0.05) is 0 Å². The topological polar surface area (TPSA) is 109 Å². The molecule has 0 aromatic carbocycles. The first-order valence-electron chi connectivity index (χ1n) is 6.33. The second-order valence-corrected chi connectivity index (χ2v) is 7.67. The third-order valence-electron chi connectivity index (χ3n) is 3.23. The first kappa shape index (κ1) is 17.9. The van der Waals surface area contributed by atoms with Crippen LogP contribution in [-0.4, -0.2) is 48.1 Å². The summed E-state index contributed by atoms with van der Waals surface area (Å²) in [6.45, 7) is 6.42. The van der Waals surface area contributed by atoms with E-state index in [-0.39, 0.29) is 11.2 Å². The lowest BCUT2D eigenvalue weighted by Gasteiger charge is -2.38. The molecule has 0 radical (unpaired) electrons. The summed E-state index contributed by atoms with van der Waals surface area (Å²) in [7, 11) is -4.78. The minimum Gasteiger partial charge on any atom is -0.423 e. The van der Waals surface area contributed by atoms with Crippen LogP contribution in [0.5, 0.6) is 0 Å². The van der Waals surface area contributed by atoms with E-state index in [1.807, 2.05) is 0 Å². The third kappa shape index (κ3) is 5.27. The Morgan fingerprint density at radius 3 is 2.33 bits per heavy atom. The average molecular weight is 316 g/mol. The number of hydrogen-bond acceptors (Lipinski definition) is 6. The van der Waals surface area contributed by atoms with Gasteiger partial charge in [-0.3, -0.25) is 9.71 Å². The van der Waals surface area contributed by atoms with E-state index in [1.165, 1.54) is 18.5 Å². The summed E-state index contributed by atoms with van der Waals surface area (Å²) in [6.07, 6.45) is 3.70. The van der Waals surface area contributed by atoms with Gasteiger partial charge >= 0.3 is 7.12 Å². The minimum atomic E-state index is -3.43. The molecule has 0 saturated heterocycles. The van der Waals surface area contributed by atoms with Gasteiger partial charge in [0.1, 0.15) is 0 Å². The molecule has 7 nitrogen and oxygen atoms in total. The predicted molar refractivity (Wildman–Crippen MR) is 81.8 cm³/mol. The van der Waals surface area contributed by atoms with Crippen LogP contribution in [0.2, 0.25) is 0 Å². The number of nitrogens with one attached hydrogen (secondary N) is 1. The Morgan fingerprint density at radius 1 is 1.29 bits per heavy atom. The standard InChI is InChI=1S/C12H21BN2O5S/c1-11(2,16)12(3,4)20-13(17)9-6-10(8-14-7-9)15-21(5,18)19/h6-8,15-17H,1-5H3. The van der Waals surface area contributed by atoms with Crippen LogP contribution in [0, 0.1) is 0 Å². The van der Waals surface area contributed by atoms with Crippen molar-refractivity contribution in [2.45, 2.75) is 38.9 Å². The molecule has 0 atom stereocenters. The monoisotopic (exact) mass is 316 g/mol. The number of sulfonamides is 1. The molecule has 21 heavy (non-hydrogen) atoms. The highest BCUT2D eigenvalue weighted by Crippen LogP contribution is 2.25. The van der Waals surface area contributed by atoms with Crippen molar-refractivity contribution in [3.05, 3.63) is 18.5 Å². The molecule has 1 heterocycles. The molecule has 1 aromatic rings. The molecular weight excluding hydrogens is 295 g/mol. The number of rotatable bonds is 6. The summed E-state index contributed by atoms with van der Waals surface area (Å²) >= 11 is 0. The van der Waals surface area contributed by atoms with Crippen molar-refractivity contribution in [2.24, 2.45) is 0 Å². The molecule has 3 N–H and O–H groups in total. The van der Waals surface area contributed by atoms with Crippen molar-refractivity contribution in [3.63, 3.8) is 0 Å². The molecule has 0 aliphatic rings. The number of pyridine rings is 1. The summed E-state index contributed by atoms with van der Waals surface area (Å²) < 4.78 is 30.1. The molecule has 0 fully saturated rings. The lowest BCUT2D eigenvalue weighted by molar-refractivity contribution is -0.0982. The molecule has 0 unspecified atom stereocenters. The van der Waals surface area contributed by atoms with Crippen LogP contribution in [0.3, 0.4) is 0 Å². The van der Waals surface area contributed by atoms with Gasteiger partial charge in [-0.15, -0.1) is 0 Å². The Kier molecular flexibility index (Phi) is 5.04. The van der Waals surface area contributed by atoms with E-state index in [0.29, 0.717) is 0 Å². The van der Waals surface area contributed by atoms with Crippen LogP contribution >= 0.6 is 0 Å². The normalized spacial score (nSPS) is 13.1. The van der Waals surface area contributed by atoms with Crippen molar-refractivity contribution in [3.8, 4) is 0 Å². The fourth-order valence-electron chi connectivity index (χ4n) is 1.35. The van der Waals surface area contributed by atoms with Crippen molar-refractivity contribution in [1.82, 2.24) is 4.98 Å². The SMILES string of the molecule is CC(C)(O)C(C)(C)OB(O)c1cncc(NS(C)(=O)=O)c1. The van der Waals surface area contributed by atoms with Crippen LogP contribution in [0.15, 0.2) is 18.5 Å². The number of aliphatic hydroxyl groups is 1. The van der Waals surface area contributed by atoms with Gasteiger partial charge in [-0.2, -0.15) is 0 Å². The first-order valence-corrected chi connectivity index (χ1v) is 8.22. The zero-order valence-electron chi connectivity index (χ0n) is 12.8. The Hall–Kier alpha value is -1.16. The van der Waals surface area contributed by atoms with E-state index in [9.17, 15) is 18.5 Å². The maximum atomic E-state index is 11.2. The molecular formula is C12H21BN2O5S. The zero-order valence-corrected chi connectivity index (χ0v) is 13.6. The van der Waals surface area contributed by atoms with Crippen molar-refractivity contribution in [2.75, 3.05) is 11.0 Å². The smallest absolute Gasteiger partial charge is 0.423 e. The quantitative estimate of drug-likeness (QED) is 0.622. The highest BCUT2D eigenvalue weighted by Gasteiger charge is 2.39. The van der Waals surface area contributed by atoms with E-state index in [0.717, 1.165) is 6.26 Å². The fraction of sp³-hybridized carbons (Fsp3) is 0.583. The summed E-state index contributed by atoms with van der Waals surface area (Å²) in [4.78, 5) is 3.85. The van der Waals surface area contributed by atoms with Gasteiger partial charge in [-0.25, -0.2) is 8.42 Å². The molecule has 1 rings (SSSR count). The van der Waals surface area contributed by atoms with Crippen LogP contribution < -0.4 is 10.2 Å². The van der Waals surface area contributed by atoms with Crippen LogP contribution in [0.25, 0.3) is 0 Å². The van der Waals surface area contributed by atoms with E-state index in [2.05, 4.69) is 9.71 Å². The van der Waals surface area contributed by atoms with Gasteiger partial charge in [0, 0.05) is 11.7 Å². The lowest BCUT2D eigenvalue weighted by Crippen LogP contribution is -2.53. The second-order valence-electron chi connectivity index (χ2n) is 5.92. The van der Waals surface area contributed by atoms with Crippen molar-refractivity contribution in [1.29, 1.82) is 0 Å². The number of aromatic nitrogens is 1. The van der Waals surface area contributed by atoms with E-state index >= 15 is 0 Å². The molecule has 0 aliphatic heterocycles. The van der Waals surface area contributed by atoms with Crippen LogP contribution in [-0.2, 0) is 14.7 Å². The fourth-order valence-corrected chi connectivity index (χ4v) is 1.89. The van der Waals surface area contributed by atoms with Crippen molar-refractivity contribution < 1.29 is 23.2 Å². The average Bonchev–Trinajstić information content (AvgIpc) is 2.24. The Morgan fingerprint density at radius 2 is 1.86 bits per heavy atom. The van der Waals surface area contributed by atoms with E-state index in [1.54, 1.807) is 27.7 Å². The second kappa shape index (κ2) is 5.92. The van der Waals surface area contributed by atoms with Crippen LogP contribution in [0.4, 0.5) is 5.69 Å². The zero-order chi connectivity index (χ0) is 16.5. The Labute approximate surface area is 125 Å². The van der Waals surface area contributed by atoms with Crippen molar-refractivity contribution >= 4 is 28.3 Å². The first-order chi connectivity index (χ1) is 9.32. The minimum absolute atomic E-state index is 0.221. The van der Waals surface area contributed by atoms with Gasteiger partial charge in [0.25, 0.3) is 0 Å². The summed E-state index contributed by atoms with van der Waals surface area (Å²) in [6, 6.07) is 1.42. The molecule has 0 saturated carbocycles.